The van der Waals surface area contributed by atoms with Crippen molar-refractivity contribution in [1.82, 2.24) is 0 Å². The molecule has 0 unspecified atom stereocenters. The van der Waals surface area contributed by atoms with Crippen molar-refractivity contribution in [2.24, 2.45) is 10.7 Å². The van der Waals surface area contributed by atoms with E-state index in [1.165, 1.54) is 15.7 Å². The molecule has 1 heterocycles. The predicted octanol–water partition coefficient (Wildman–Crippen LogP) is 3.85. The van der Waals surface area contributed by atoms with E-state index in [0.29, 0.717) is 5.84 Å². The second kappa shape index (κ2) is 5.00. The monoisotopic (exact) mass is 313 g/mol. The SMILES string of the molecule is C[Si](C)(C)CSc1cccc2cc3c(cc12)C(N)=NC3=N. The summed E-state index contributed by atoms with van der Waals surface area (Å²) in [6.45, 7) is 7.15. The normalized spacial score (nSPS) is 14.4. The standard InChI is InChI=1S/C16H19N3SSi/c1-21(2,3)9-20-14-6-4-5-10-7-12-13(8-11(10)14)16(18)19-15(12)17/h4-8H,9H2,1-3H3,(H3,17,18,19). The molecule has 0 radical (unpaired) electrons. The number of hydrogen-bond donors (Lipinski definition) is 2. The van der Waals surface area contributed by atoms with Crippen molar-refractivity contribution in [1.29, 1.82) is 5.41 Å². The number of nitrogens with two attached hydrogens (primary N) is 1. The van der Waals surface area contributed by atoms with Gasteiger partial charge in [0.05, 0.1) is 8.07 Å². The quantitative estimate of drug-likeness (QED) is 0.668. The molecule has 0 saturated heterocycles. The first-order valence-corrected chi connectivity index (χ1v) is 11.7. The zero-order chi connectivity index (χ0) is 15.2. The molecule has 0 aliphatic carbocycles. The average Bonchev–Trinajstić information content (AvgIpc) is 2.68. The third kappa shape index (κ3) is 2.76. The molecule has 21 heavy (non-hydrogen) atoms. The molecule has 1 aliphatic rings. The van der Waals surface area contributed by atoms with Gasteiger partial charge in [-0.05, 0) is 34.3 Å². The van der Waals surface area contributed by atoms with Crippen molar-refractivity contribution < 1.29 is 0 Å². The molecule has 0 spiro atoms. The lowest BCUT2D eigenvalue weighted by molar-refractivity contribution is 1.45. The van der Waals surface area contributed by atoms with Gasteiger partial charge in [0, 0.05) is 16.0 Å². The molecule has 108 valence electrons. The van der Waals surface area contributed by atoms with Crippen LogP contribution in [-0.2, 0) is 0 Å². The van der Waals surface area contributed by atoms with Gasteiger partial charge in [0.2, 0.25) is 0 Å². The van der Waals surface area contributed by atoms with E-state index in [-0.39, 0.29) is 5.84 Å². The molecule has 2 aromatic rings. The molecule has 0 aromatic heterocycles. The fourth-order valence-electron chi connectivity index (χ4n) is 2.37. The number of benzene rings is 2. The Kier molecular flexibility index (Phi) is 3.41. The maximum atomic E-state index is 7.89. The highest BCUT2D eigenvalue weighted by Crippen LogP contribution is 2.33. The summed E-state index contributed by atoms with van der Waals surface area (Å²) in [7, 11) is -1.09. The summed E-state index contributed by atoms with van der Waals surface area (Å²) in [6.07, 6.45) is 0. The van der Waals surface area contributed by atoms with E-state index in [1.807, 2.05) is 17.8 Å². The minimum absolute atomic E-state index is 0.268. The molecule has 0 fully saturated rings. The largest absolute Gasteiger partial charge is 0.383 e. The molecule has 0 atom stereocenters. The number of fused-ring (bicyclic) bond motifs is 2. The fourth-order valence-corrected chi connectivity index (χ4v) is 5.23. The number of amidine groups is 2. The zero-order valence-corrected chi connectivity index (χ0v) is 14.3. The molecule has 5 heteroatoms. The van der Waals surface area contributed by atoms with Crippen LogP contribution in [0.1, 0.15) is 11.1 Å². The molecule has 3 nitrogen and oxygen atoms in total. The minimum Gasteiger partial charge on any atom is -0.383 e. The van der Waals surface area contributed by atoms with Crippen LogP contribution in [0.15, 0.2) is 40.2 Å². The Morgan fingerprint density at radius 2 is 1.95 bits per heavy atom. The number of hydrogen-bond acceptors (Lipinski definition) is 3. The smallest absolute Gasteiger partial charge is 0.154 e. The summed E-state index contributed by atoms with van der Waals surface area (Å²) in [5.74, 6) is 0.728. The van der Waals surface area contributed by atoms with E-state index in [2.05, 4.69) is 48.9 Å². The Morgan fingerprint density at radius 1 is 1.19 bits per heavy atom. The Morgan fingerprint density at radius 3 is 2.67 bits per heavy atom. The number of aliphatic imine (C=N–C) groups is 1. The first-order chi connectivity index (χ1) is 9.85. The van der Waals surface area contributed by atoms with Crippen LogP contribution in [0.3, 0.4) is 0 Å². The van der Waals surface area contributed by atoms with Gasteiger partial charge in [0.15, 0.2) is 5.84 Å². The maximum Gasteiger partial charge on any atom is 0.154 e. The van der Waals surface area contributed by atoms with E-state index in [0.717, 1.165) is 16.5 Å². The lowest BCUT2D eigenvalue weighted by Crippen LogP contribution is -2.23. The van der Waals surface area contributed by atoms with Crippen LogP contribution in [0.2, 0.25) is 19.6 Å². The van der Waals surface area contributed by atoms with Crippen molar-refractivity contribution in [3.05, 3.63) is 41.5 Å². The number of thioether (sulfide) groups is 1. The lowest BCUT2D eigenvalue weighted by Gasteiger charge is -2.16. The van der Waals surface area contributed by atoms with E-state index >= 15 is 0 Å². The van der Waals surface area contributed by atoms with Gasteiger partial charge in [0.1, 0.15) is 5.84 Å². The van der Waals surface area contributed by atoms with E-state index < -0.39 is 8.07 Å². The molecule has 1 aliphatic heterocycles. The van der Waals surface area contributed by atoms with Crippen LogP contribution in [0, 0.1) is 5.41 Å². The highest BCUT2D eigenvalue weighted by atomic mass is 32.2. The Labute approximate surface area is 130 Å². The first-order valence-electron chi connectivity index (χ1n) is 6.98. The topological polar surface area (TPSA) is 62.2 Å². The summed E-state index contributed by atoms with van der Waals surface area (Å²) in [6, 6.07) is 10.5. The van der Waals surface area contributed by atoms with Gasteiger partial charge in [-0.2, -0.15) is 0 Å². The predicted molar refractivity (Wildman–Crippen MR) is 95.6 cm³/mol. The van der Waals surface area contributed by atoms with Crippen molar-refractivity contribution in [2.75, 3.05) is 5.38 Å². The minimum atomic E-state index is -1.09. The van der Waals surface area contributed by atoms with E-state index in [1.54, 1.807) is 0 Å². The molecule has 3 rings (SSSR count). The van der Waals surface area contributed by atoms with Crippen LogP contribution in [0.5, 0.6) is 0 Å². The van der Waals surface area contributed by atoms with Gasteiger partial charge in [-0.15, -0.1) is 11.8 Å². The van der Waals surface area contributed by atoms with Crippen LogP contribution in [0.25, 0.3) is 10.8 Å². The molecule has 0 amide bonds. The number of rotatable bonds is 3. The first kappa shape index (κ1) is 14.3. The Hall–Kier alpha value is -1.59. The summed E-state index contributed by atoms with van der Waals surface area (Å²) >= 11 is 1.93. The van der Waals surface area contributed by atoms with Crippen LogP contribution in [-0.4, -0.2) is 25.1 Å². The van der Waals surface area contributed by atoms with Gasteiger partial charge in [0.25, 0.3) is 0 Å². The Balaban J connectivity index is 2.09. The van der Waals surface area contributed by atoms with Gasteiger partial charge in [-0.3, -0.25) is 5.41 Å². The van der Waals surface area contributed by atoms with Crippen molar-refractivity contribution in [3.8, 4) is 0 Å². The fraction of sp³-hybridized carbons (Fsp3) is 0.250. The van der Waals surface area contributed by atoms with Gasteiger partial charge < -0.3 is 5.73 Å². The maximum absolute atomic E-state index is 7.89. The van der Waals surface area contributed by atoms with Crippen LogP contribution < -0.4 is 5.73 Å². The van der Waals surface area contributed by atoms with E-state index in [9.17, 15) is 0 Å². The number of nitrogens with one attached hydrogen (secondary N) is 1. The molecular formula is C16H19N3SSi. The summed E-state index contributed by atoms with van der Waals surface area (Å²) in [5.41, 5.74) is 7.67. The van der Waals surface area contributed by atoms with Gasteiger partial charge in [-0.25, -0.2) is 4.99 Å². The molecular weight excluding hydrogens is 294 g/mol. The van der Waals surface area contributed by atoms with Gasteiger partial charge in [-0.1, -0.05) is 31.8 Å². The lowest BCUT2D eigenvalue weighted by atomic mass is 10.0. The molecule has 0 saturated carbocycles. The van der Waals surface area contributed by atoms with E-state index in [4.69, 9.17) is 11.1 Å². The molecule has 2 aromatic carbocycles. The average molecular weight is 314 g/mol. The summed E-state index contributed by atoms with van der Waals surface area (Å²) in [4.78, 5) is 5.37. The van der Waals surface area contributed by atoms with Crippen molar-refractivity contribution >= 4 is 42.3 Å². The highest BCUT2D eigenvalue weighted by molar-refractivity contribution is 8.01. The third-order valence-electron chi connectivity index (χ3n) is 3.40. The Bertz CT molecular complexity index is 775. The summed E-state index contributed by atoms with van der Waals surface area (Å²) < 4.78 is 0. The second-order valence-electron chi connectivity index (χ2n) is 6.57. The zero-order valence-electron chi connectivity index (χ0n) is 12.5. The summed E-state index contributed by atoms with van der Waals surface area (Å²) in [5, 5.41) is 11.5. The second-order valence-corrected chi connectivity index (χ2v) is 13.6. The number of nitrogens with zero attached hydrogens (tertiary/aromatic N) is 1. The van der Waals surface area contributed by atoms with Crippen molar-refractivity contribution in [2.45, 2.75) is 24.5 Å². The van der Waals surface area contributed by atoms with Crippen LogP contribution in [0.4, 0.5) is 0 Å². The molecule has 0 bridgehead atoms. The van der Waals surface area contributed by atoms with Crippen molar-refractivity contribution in [3.63, 3.8) is 0 Å². The third-order valence-corrected chi connectivity index (χ3v) is 8.11. The van der Waals surface area contributed by atoms with Crippen LogP contribution >= 0.6 is 11.8 Å². The molecule has 3 N–H and O–H groups in total. The van der Waals surface area contributed by atoms with Gasteiger partial charge >= 0.3 is 0 Å². The highest BCUT2D eigenvalue weighted by Gasteiger charge is 2.20.